The number of benzene rings is 2. The predicted molar refractivity (Wildman–Crippen MR) is 109 cm³/mol. The molecule has 6 nitrogen and oxygen atoms in total. The van der Waals surface area contributed by atoms with E-state index in [1.54, 1.807) is 7.11 Å². The SMILES string of the molecule is COc1ccc(-c2nnc(SC(C)C(=O)c3c(C)[nH]c4ccccc34)o2)cc1. The van der Waals surface area contributed by atoms with Gasteiger partial charge in [0.1, 0.15) is 5.75 Å². The van der Waals surface area contributed by atoms with Gasteiger partial charge in [-0.25, -0.2) is 0 Å². The van der Waals surface area contributed by atoms with Crippen molar-refractivity contribution in [1.82, 2.24) is 15.2 Å². The number of methoxy groups -OCH3 is 1. The summed E-state index contributed by atoms with van der Waals surface area (Å²) >= 11 is 1.26. The van der Waals surface area contributed by atoms with Gasteiger partial charge in [0.15, 0.2) is 5.78 Å². The second-order valence-electron chi connectivity index (χ2n) is 6.40. The van der Waals surface area contributed by atoms with E-state index in [0.717, 1.165) is 27.9 Å². The summed E-state index contributed by atoms with van der Waals surface area (Å²) in [7, 11) is 1.62. The van der Waals surface area contributed by atoms with Gasteiger partial charge in [-0.15, -0.1) is 10.2 Å². The number of para-hydroxylation sites is 1. The molecule has 0 bridgehead atoms. The second-order valence-corrected chi connectivity index (χ2v) is 7.69. The molecule has 142 valence electrons. The van der Waals surface area contributed by atoms with Gasteiger partial charge in [-0.05, 0) is 44.2 Å². The lowest BCUT2D eigenvalue weighted by Crippen LogP contribution is -2.14. The quantitative estimate of drug-likeness (QED) is 0.371. The number of thioether (sulfide) groups is 1. The van der Waals surface area contributed by atoms with Crippen molar-refractivity contribution in [2.24, 2.45) is 0 Å². The van der Waals surface area contributed by atoms with Crippen molar-refractivity contribution < 1.29 is 13.9 Å². The highest BCUT2D eigenvalue weighted by molar-refractivity contribution is 8.00. The fraction of sp³-hybridized carbons (Fsp3) is 0.190. The van der Waals surface area contributed by atoms with Gasteiger partial charge in [0.25, 0.3) is 5.22 Å². The first-order valence-electron chi connectivity index (χ1n) is 8.83. The molecule has 0 aliphatic heterocycles. The molecule has 0 aliphatic rings. The van der Waals surface area contributed by atoms with E-state index < -0.39 is 0 Å². The Bertz CT molecular complexity index is 1130. The monoisotopic (exact) mass is 393 g/mol. The van der Waals surface area contributed by atoms with Crippen molar-refractivity contribution in [2.45, 2.75) is 24.3 Å². The molecule has 0 amide bonds. The zero-order valence-electron chi connectivity index (χ0n) is 15.7. The maximum Gasteiger partial charge on any atom is 0.277 e. The van der Waals surface area contributed by atoms with Crippen LogP contribution in [0.25, 0.3) is 22.4 Å². The molecule has 0 saturated heterocycles. The van der Waals surface area contributed by atoms with Crippen LogP contribution in [0.4, 0.5) is 0 Å². The van der Waals surface area contributed by atoms with Gasteiger partial charge in [0, 0.05) is 27.7 Å². The summed E-state index contributed by atoms with van der Waals surface area (Å²) in [5.74, 6) is 1.20. The Balaban J connectivity index is 1.53. The van der Waals surface area contributed by atoms with Gasteiger partial charge in [-0.3, -0.25) is 4.79 Å². The molecular formula is C21H19N3O3S. The number of rotatable bonds is 6. The first-order valence-corrected chi connectivity index (χ1v) is 9.71. The van der Waals surface area contributed by atoms with E-state index in [-0.39, 0.29) is 11.0 Å². The Kier molecular flexibility index (Phi) is 4.92. The van der Waals surface area contributed by atoms with E-state index >= 15 is 0 Å². The molecule has 0 radical (unpaired) electrons. The van der Waals surface area contributed by atoms with Crippen molar-refractivity contribution >= 4 is 28.4 Å². The number of aryl methyl sites for hydroxylation is 1. The van der Waals surface area contributed by atoms with Crippen LogP contribution in [0.2, 0.25) is 0 Å². The smallest absolute Gasteiger partial charge is 0.277 e. The lowest BCUT2D eigenvalue weighted by atomic mass is 10.1. The fourth-order valence-electron chi connectivity index (χ4n) is 3.11. The number of Topliss-reactive ketones (excluding diaryl/α,β-unsaturated/α-hetero) is 1. The van der Waals surface area contributed by atoms with E-state index in [1.165, 1.54) is 11.8 Å². The molecule has 1 unspecified atom stereocenters. The summed E-state index contributed by atoms with van der Waals surface area (Å²) in [6, 6.07) is 15.2. The van der Waals surface area contributed by atoms with E-state index in [1.807, 2.05) is 62.4 Å². The Labute approximate surface area is 166 Å². The summed E-state index contributed by atoms with van der Waals surface area (Å²) in [5, 5.41) is 9.11. The third kappa shape index (κ3) is 3.41. The summed E-state index contributed by atoms with van der Waals surface area (Å²) < 4.78 is 10.9. The van der Waals surface area contributed by atoms with Crippen molar-refractivity contribution in [3.63, 3.8) is 0 Å². The number of ketones is 1. The minimum Gasteiger partial charge on any atom is -0.497 e. The summed E-state index contributed by atoms with van der Waals surface area (Å²) in [6.45, 7) is 3.77. The zero-order chi connectivity index (χ0) is 19.7. The van der Waals surface area contributed by atoms with Gasteiger partial charge in [-0.1, -0.05) is 30.0 Å². The molecule has 2 heterocycles. The number of hydrogen-bond donors (Lipinski definition) is 1. The van der Waals surface area contributed by atoms with Crippen LogP contribution in [0.15, 0.2) is 58.2 Å². The molecule has 0 saturated carbocycles. The number of hydrogen-bond acceptors (Lipinski definition) is 6. The van der Waals surface area contributed by atoms with Crippen LogP contribution >= 0.6 is 11.8 Å². The maximum atomic E-state index is 13.0. The van der Waals surface area contributed by atoms with Crippen LogP contribution in [-0.4, -0.2) is 33.3 Å². The molecule has 1 atom stereocenters. The standard InChI is InChI=1S/C21H19N3O3S/c1-12-18(16-6-4-5-7-17(16)22-12)19(25)13(2)28-21-24-23-20(27-21)14-8-10-15(26-3)11-9-14/h4-11,13,22H,1-3H3. The molecule has 28 heavy (non-hydrogen) atoms. The molecule has 0 spiro atoms. The van der Waals surface area contributed by atoms with Crippen LogP contribution in [0, 0.1) is 6.92 Å². The number of carbonyl (C=O) groups is 1. The van der Waals surface area contributed by atoms with E-state index in [4.69, 9.17) is 9.15 Å². The molecule has 7 heteroatoms. The number of nitrogens with zero attached hydrogens (tertiary/aromatic N) is 2. The Morgan fingerprint density at radius 3 is 2.64 bits per heavy atom. The fourth-order valence-corrected chi connectivity index (χ4v) is 3.85. The number of aromatic amines is 1. The third-order valence-electron chi connectivity index (χ3n) is 4.53. The molecule has 0 fully saturated rings. The van der Waals surface area contributed by atoms with Crippen molar-refractivity contribution in [3.8, 4) is 17.2 Å². The van der Waals surface area contributed by atoms with E-state index in [9.17, 15) is 4.79 Å². The van der Waals surface area contributed by atoms with E-state index in [0.29, 0.717) is 16.7 Å². The van der Waals surface area contributed by atoms with Gasteiger partial charge in [0.05, 0.1) is 12.4 Å². The molecule has 0 aliphatic carbocycles. The topological polar surface area (TPSA) is 81.0 Å². The van der Waals surface area contributed by atoms with Crippen molar-refractivity contribution in [1.29, 1.82) is 0 Å². The lowest BCUT2D eigenvalue weighted by Gasteiger charge is -2.07. The van der Waals surface area contributed by atoms with Crippen LogP contribution in [-0.2, 0) is 0 Å². The lowest BCUT2D eigenvalue weighted by molar-refractivity contribution is 0.0994. The predicted octanol–water partition coefficient (Wildman–Crippen LogP) is 4.90. The molecular weight excluding hydrogens is 374 g/mol. The van der Waals surface area contributed by atoms with Crippen LogP contribution < -0.4 is 4.74 Å². The highest BCUT2D eigenvalue weighted by Crippen LogP contribution is 2.31. The molecule has 1 N–H and O–H groups in total. The molecule has 4 rings (SSSR count). The van der Waals surface area contributed by atoms with Crippen LogP contribution in [0.3, 0.4) is 0 Å². The summed E-state index contributed by atoms with van der Waals surface area (Å²) in [4.78, 5) is 16.3. The van der Waals surface area contributed by atoms with Crippen molar-refractivity contribution in [3.05, 3.63) is 59.8 Å². The summed E-state index contributed by atoms with van der Waals surface area (Å²) in [5.41, 5.74) is 3.33. The summed E-state index contributed by atoms with van der Waals surface area (Å²) in [6.07, 6.45) is 0. The molecule has 2 aromatic carbocycles. The highest BCUT2D eigenvalue weighted by atomic mass is 32.2. The van der Waals surface area contributed by atoms with Gasteiger partial charge < -0.3 is 14.1 Å². The number of fused-ring (bicyclic) bond motifs is 1. The minimum absolute atomic E-state index is 0.0316. The minimum atomic E-state index is -0.359. The first-order chi connectivity index (χ1) is 13.6. The normalized spacial score (nSPS) is 12.2. The average Bonchev–Trinajstić information content (AvgIpc) is 3.31. The number of H-pyrrole nitrogens is 1. The van der Waals surface area contributed by atoms with Crippen LogP contribution in [0.1, 0.15) is 23.0 Å². The van der Waals surface area contributed by atoms with Gasteiger partial charge in [0.2, 0.25) is 5.89 Å². The van der Waals surface area contributed by atoms with Crippen LogP contribution in [0.5, 0.6) is 5.75 Å². The van der Waals surface area contributed by atoms with E-state index in [2.05, 4.69) is 15.2 Å². The third-order valence-corrected chi connectivity index (χ3v) is 5.46. The second kappa shape index (κ2) is 7.52. The zero-order valence-corrected chi connectivity index (χ0v) is 16.5. The maximum absolute atomic E-state index is 13.0. The largest absolute Gasteiger partial charge is 0.497 e. The number of ether oxygens (including phenoxy) is 1. The molecule has 2 aromatic heterocycles. The number of carbonyl (C=O) groups excluding carboxylic acids is 1. The van der Waals surface area contributed by atoms with Gasteiger partial charge in [-0.2, -0.15) is 0 Å². The first kappa shape index (κ1) is 18.3. The highest BCUT2D eigenvalue weighted by Gasteiger charge is 2.24. The molecule has 4 aromatic rings. The number of aromatic nitrogens is 3. The Morgan fingerprint density at radius 1 is 1.14 bits per heavy atom. The number of nitrogens with one attached hydrogen (secondary N) is 1. The van der Waals surface area contributed by atoms with Crippen molar-refractivity contribution in [2.75, 3.05) is 7.11 Å². The van der Waals surface area contributed by atoms with Gasteiger partial charge >= 0.3 is 0 Å². The Hall–Kier alpha value is -3.06. The Morgan fingerprint density at radius 2 is 1.89 bits per heavy atom. The average molecular weight is 393 g/mol.